The number of hydrogen-bond acceptors (Lipinski definition) is 5. The lowest BCUT2D eigenvalue weighted by molar-refractivity contribution is -0.167. The number of likely N-dealkylation sites (tertiary alicyclic amines) is 1. The average molecular weight is 420 g/mol. The first-order chi connectivity index (χ1) is 13.9. The lowest BCUT2D eigenvalue weighted by Crippen LogP contribution is -2.70. The van der Waals surface area contributed by atoms with E-state index in [1.54, 1.807) is 4.90 Å². The maximum Gasteiger partial charge on any atom is 0.250 e. The van der Waals surface area contributed by atoms with Gasteiger partial charge in [0.05, 0.1) is 6.17 Å². The van der Waals surface area contributed by atoms with Crippen LogP contribution < -0.4 is 10.6 Å². The molecule has 3 heterocycles. The number of benzene rings is 1. The Balaban J connectivity index is 1.63. The molecule has 0 saturated carbocycles. The molecule has 2 amide bonds. The van der Waals surface area contributed by atoms with Crippen molar-refractivity contribution in [1.82, 2.24) is 25.3 Å². The number of piperazine rings is 1. The van der Waals surface area contributed by atoms with E-state index in [4.69, 9.17) is 11.6 Å². The molecule has 7 nitrogen and oxygen atoms in total. The molecule has 3 aliphatic rings. The Kier molecular flexibility index (Phi) is 5.84. The standard InChI is InChI=1S/C21H30ClN5O2/c1-15(2)26-12-19(28)27(11-16-3-5-17(22)6-4-16)21(20(26)29)8-10-25(13-21)18-7-9-23-14-24-18/h3-6,15,18,23-24H,7-14H2,1-2H3. The molecule has 3 saturated heterocycles. The van der Waals surface area contributed by atoms with Crippen molar-refractivity contribution in [3.8, 4) is 0 Å². The minimum atomic E-state index is -0.800. The zero-order valence-corrected chi connectivity index (χ0v) is 17.9. The van der Waals surface area contributed by atoms with Gasteiger partial charge in [0, 0.05) is 37.4 Å². The number of carbonyl (C=O) groups is 2. The van der Waals surface area contributed by atoms with Crippen molar-refractivity contribution in [3.05, 3.63) is 34.9 Å². The minimum Gasteiger partial charge on any atom is -0.329 e. The van der Waals surface area contributed by atoms with Crippen LogP contribution >= 0.6 is 11.6 Å². The molecule has 2 atom stereocenters. The van der Waals surface area contributed by atoms with Gasteiger partial charge in [0.1, 0.15) is 12.1 Å². The third-order valence-corrected chi connectivity index (χ3v) is 6.69. The summed E-state index contributed by atoms with van der Waals surface area (Å²) in [6.45, 7) is 7.66. The fourth-order valence-electron chi connectivity index (χ4n) is 4.77. The fourth-order valence-corrected chi connectivity index (χ4v) is 4.89. The molecule has 1 aromatic carbocycles. The van der Waals surface area contributed by atoms with Crippen LogP contribution in [0.4, 0.5) is 0 Å². The molecule has 2 unspecified atom stereocenters. The first-order valence-corrected chi connectivity index (χ1v) is 10.8. The van der Waals surface area contributed by atoms with Crippen molar-refractivity contribution in [2.24, 2.45) is 0 Å². The van der Waals surface area contributed by atoms with Crippen molar-refractivity contribution in [3.63, 3.8) is 0 Å². The Hall–Kier alpha value is -1.67. The molecule has 2 N–H and O–H groups in total. The van der Waals surface area contributed by atoms with Crippen molar-refractivity contribution < 1.29 is 9.59 Å². The first-order valence-electron chi connectivity index (χ1n) is 10.4. The Morgan fingerprint density at radius 1 is 1.24 bits per heavy atom. The molecule has 3 fully saturated rings. The van der Waals surface area contributed by atoms with Gasteiger partial charge in [0.25, 0.3) is 5.91 Å². The number of carbonyl (C=O) groups excluding carboxylic acids is 2. The number of halogens is 1. The van der Waals surface area contributed by atoms with Crippen LogP contribution in [-0.4, -0.2) is 77.1 Å². The van der Waals surface area contributed by atoms with E-state index >= 15 is 0 Å². The molecule has 1 aromatic rings. The van der Waals surface area contributed by atoms with E-state index < -0.39 is 5.54 Å². The molecule has 3 aliphatic heterocycles. The summed E-state index contributed by atoms with van der Waals surface area (Å²) in [6, 6.07) is 7.54. The minimum absolute atomic E-state index is 0.00654. The van der Waals surface area contributed by atoms with Crippen LogP contribution in [-0.2, 0) is 16.1 Å². The van der Waals surface area contributed by atoms with Crippen LogP contribution in [0.25, 0.3) is 0 Å². The number of rotatable bonds is 4. The smallest absolute Gasteiger partial charge is 0.250 e. The van der Waals surface area contributed by atoms with Gasteiger partial charge in [-0.1, -0.05) is 23.7 Å². The summed E-state index contributed by atoms with van der Waals surface area (Å²) >= 11 is 6.03. The summed E-state index contributed by atoms with van der Waals surface area (Å²) in [6.07, 6.45) is 1.90. The Morgan fingerprint density at radius 3 is 2.66 bits per heavy atom. The van der Waals surface area contributed by atoms with Crippen LogP contribution in [0.1, 0.15) is 32.3 Å². The third kappa shape index (κ3) is 3.89. The zero-order valence-electron chi connectivity index (χ0n) is 17.2. The molecule has 0 radical (unpaired) electrons. The van der Waals surface area contributed by atoms with Gasteiger partial charge < -0.3 is 15.1 Å². The summed E-state index contributed by atoms with van der Waals surface area (Å²) < 4.78 is 0. The van der Waals surface area contributed by atoms with Gasteiger partial charge in [0.2, 0.25) is 5.91 Å². The summed E-state index contributed by atoms with van der Waals surface area (Å²) in [4.78, 5) is 32.8. The number of nitrogens with zero attached hydrogens (tertiary/aromatic N) is 3. The maximum absolute atomic E-state index is 13.7. The normalized spacial score (nSPS) is 28.8. The summed E-state index contributed by atoms with van der Waals surface area (Å²) in [5, 5.41) is 7.46. The van der Waals surface area contributed by atoms with Crippen LogP contribution in [0.15, 0.2) is 24.3 Å². The van der Waals surface area contributed by atoms with Gasteiger partial charge in [-0.25, -0.2) is 0 Å². The molecular formula is C21H30ClN5O2. The number of hydrogen-bond donors (Lipinski definition) is 2. The lowest BCUT2D eigenvalue weighted by Gasteiger charge is -2.49. The SMILES string of the molecule is CC(C)N1CC(=O)N(Cc2ccc(Cl)cc2)C2(CCN(C3CCNCN3)C2)C1=O. The van der Waals surface area contributed by atoms with E-state index in [1.165, 1.54) is 0 Å². The van der Waals surface area contributed by atoms with E-state index in [-0.39, 0.29) is 30.6 Å². The second-order valence-electron chi connectivity index (χ2n) is 8.57. The molecule has 158 valence electrons. The first kappa shape index (κ1) is 20.6. The molecule has 29 heavy (non-hydrogen) atoms. The van der Waals surface area contributed by atoms with Gasteiger partial charge in [-0.3, -0.25) is 19.8 Å². The highest BCUT2D eigenvalue weighted by molar-refractivity contribution is 6.30. The predicted octanol–water partition coefficient (Wildman–Crippen LogP) is 1.23. The highest BCUT2D eigenvalue weighted by Crippen LogP contribution is 2.36. The number of amides is 2. The lowest BCUT2D eigenvalue weighted by atomic mass is 9.89. The van der Waals surface area contributed by atoms with Crippen LogP contribution in [0, 0.1) is 0 Å². The van der Waals surface area contributed by atoms with Crippen molar-refractivity contribution in [2.75, 3.05) is 32.8 Å². The van der Waals surface area contributed by atoms with E-state index in [0.717, 1.165) is 31.7 Å². The topological polar surface area (TPSA) is 67.9 Å². The molecule has 8 heteroatoms. The van der Waals surface area contributed by atoms with Gasteiger partial charge in [-0.2, -0.15) is 0 Å². The van der Waals surface area contributed by atoms with Gasteiger partial charge in [-0.15, -0.1) is 0 Å². The largest absolute Gasteiger partial charge is 0.329 e. The van der Waals surface area contributed by atoms with Crippen LogP contribution in [0.3, 0.4) is 0 Å². The van der Waals surface area contributed by atoms with E-state index in [0.29, 0.717) is 24.5 Å². The van der Waals surface area contributed by atoms with E-state index in [2.05, 4.69) is 15.5 Å². The van der Waals surface area contributed by atoms with Crippen LogP contribution in [0.5, 0.6) is 0 Å². The second kappa shape index (κ2) is 8.22. The van der Waals surface area contributed by atoms with Crippen molar-refractivity contribution in [1.29, 1.82) is 0 Å². The average Bonchev–Trinajstić information content (AvgIpc) is 3.16. The maximum atomic E-state index is 13.7. The van der Waals surface area contributed by atoms with E-state index in [1.807, 2.05) is 43.0 Å². The highest BCUT2D eigenvalue weighted by Gasteiger charge is 2.56. The monoisotopic (exact) mass is 419 g/mol. The van der Waals surface area contributed by atoms with Gasteiger partial charge in [0.15, 0.2) is 0 Å². The van der Waals surface area contributed by atoms with Gasteiger partial charge >= 0.3 is 0 Å². The molecule has 0 aromatic heterocycles. The van der Waals surface area contributed by atoms with Crippen LogP contribution in [0.2, 0.25) is 5.02 Å². The summed E-state index contributed by atoms with van der Waals surface area (Å²) in [5.74, 6) is 0.103. The molecule has 4 rings (SSSR count). The molecular weight excluding hydrogens is 390 g/mol. The Morgan fingerprint density at radius 2 is 2.00 bits per heavy atom. The fraction of sp³-hybridized carbons (Fsp3) is 0.619. The molecule has 1 spiro atoms. The third-order valence-electron chi connectivity index (χ3n) is 6.43. The van der Waals surface area contributed by atoms with Crippen molar-refractivity contribution >= 4 is 23.4 Å². The zero-order chi connectivity index (χ0) is 20.6. The number of nitrogens with one attached hydrogen (secondary N) is 2. The van der Waals surface area contributed by atoms with E-state index in [9.17, 15) is 9.59 Å². The Bertz CT molecular complexity index is 765. The molecule has 0 bridgehead atoms. The highest BCUT2D eigenvalue weighted by atomic mass is 35.5. The predicted molar refractivity (Wildman–Crippen MR) is 112 cm³/mol. The summed E-state index contributed by atoms with van der Waals surface area (Å²) in [7, 11) is 0. The van der Waals surface area contributed by atoms with Crippen molar-refractivity contribution in [2.45, 2.75) is 51.0 Å². The molecule has 0 aliphatic carbocycles. The summed E-state index contributed by atoms with van der Waals surface area (Å²) in [5.41, 5.74) is 0.192. The van der Waals surface area contributed by atoms with Gasteiger partial charge in [-0.05, 0) is 50.9 Å². The quantitative estimate of drug-likeness (QED) is 0.768. The Labute approximate surface area is 177 Å². The second-order valence-corrected chi connectivity index (χ2v) is 9.01.